The molecule has 2 heterocycles. The van der Waals surface area contributed by atoms with Gasteiger partial charge < -0.3 is 14.6 Å². The number of aryl methyl sites for hydroxylation is 1. The number of aliphatic hydroxyl groups is 1. The van der Waals surface area contributed by atoms with E-state index in [2.05, 4.69) is 4.98 Å². The van der Waals surface area contributed by atoms with E-state index in [1.165, 1.54) is 0 Å². The minimum absolute atomic E-state index is 0.0271. The first-order valence-corrected chi connectivity index (χ1v) is 5.67. The summed E-state index contributed by atoms with van der Waals surface area (Å²) in [4.78, 5) is 18.0. The normalized spacial score (nSPS) is 16.2. The van der Waals surface area contributed by atoms with Gasteiger partial charge in [-0.2, -0.15) is 0 Å². The Balaban J connectivity index is 2.16. The molecule has 0 aromatic carbocycles. The van der Waals surface area contributed by atoms with Crippen LogP contribution in [-0.4, -0.2) is 34.4 Å². The molecule has 5 heteroatoms. The van der Waals surface area contributed by atoms with Gasteiger partial charge in [-0.05, 0) is 6.42 Å². The second-order valence-corrected chi connectivity index (χ2v) is 4.20. The number of hydrogen-bond donors (Lipinski definition) is 1. The summed E-state index contributed by atoms with van der Waals surface area (Å²) in [6.07, 6.45) is 4.32. The average Bonchev–Trinajstić information content (AvgIpc) is 2.22. The molecule has 88 valence electrons. The minimum Gasteiger partial charge on any atom is -0.396 e. The lowest BCUT2D eigenvalue weighted by Gasteiger charge is -2.38. The van der Waals surface area contributed by atoms with E-state index >= 15 is 0 Å². The SMILES string of the molecule is CCCn1ccnc(N2CC(CO)C2)c1=O. The number of nitrogens with zero attached hydrogens (tertiary/aromatic N) is 3. The third-order valence-electron chi connectivity index (χ3n) is 2.87. The molecule has 1 saturated heterocycles. The largest absolute Gasteiger partial charge is 0.396 e. The van der Waals surface area contributed by atoms with Crippen molar-refractivity contribution in [1.82, 2.24) is 9.55 Å². The highest BCUT2D eigenvalue weighted by Gasteiger charge is 2.28. The summed E-state index contributed by atoms with van der Waals surface area (Å²) in [5, 5.41) is 8.93. The molecule has 0 aliphatic carbocycles. The molecule has 0 amide bonds. The molecule has 0 radical (unpaired) electrons. The highest BCUT2D eigenvalue weighted by atomic mass is 16.3. The molecule has 1 aromatic rings. The molecule has 5 nitrogen and oxygen atoms in total. The van der Waals surface area contributed by atoms with E-state index in [9.17, 15) is 4.79 Å². The molecule has 16 heavy (non-hydrogen) atoms. The molecule has 1 N–H and O–H groups in total. The van der Waals surface area contributed by atoms with Gasteiger partial charge in [0.1, 0.15) is 0 Å². The summed E-state index contributed by atoms with van der Waals surface area (Å²) in [5.74, 6) is 0.807. The minimum atomic E-state index is -0.0271. The fourth-order valence-electron chi connectivity index (χ4n) is 1.93. The van der Waals surface area contributed by atoms with Crippen LogP contribution in [0.2, 0.25) is 0 Å². The summed E-state index contributed by atoms with van der Waals surface area (Å²) < 4.78 is 1.69. The molecule has 0 unspecified atom stereocenters. The maximum Gasteiger partial charge on any atom is 0.293 e. The predicted molar refractivity (Wildman–Crippen MR) is 61.6 cm³/mol. The molecule has 0 spiro atoms. The van der Waals surface area contributed by atoms with Gasteiger partial charge in [0.15, 0.2) is 5.82 Å². The predicted octanol–water partition coefficient (Wildman–Crippen LogP) is 0.0818. The van der Waals surface area contributed by atoms with Crippen LogP contribution in [0.25, 0.3) is 0 Å². The van der Waals surface area contributed by atoms with Crippen molar-refractivity contribution in [3.63, 3.8) is 0 Å². The molecule has 0 atom stereocenters. The van der Waals surface area contributed by atoms with Gasteiger partial charge in [0.25, 0.3) is 5.56 Å². The second-order valence-electron chi connectivity index (χ2n) is 4.20. The number of aliphatic hydroxyl groups excluding tert-OH is 1. The van der Waals surface area contributed by atoms with Gasteiger partial charge in [-0.1, -0.05) is 6.92 Å². The Labute approximate surface area is 94.3 Å². The molecule has 1 aromatic heterocycles. The van der Waals surface area contributed by atoms with E-state index in [4.69, 9.17) is 5.11 Å². The third-order valence-corrected chi connectivity index (χ3v) is 2.87. The molecular weight excluding hydrogens is 206 g/mol. The Morgan fingerprint density at radius 3 is 2.94 bits per heavy atom. The van der Waals surface area contributed by atoms with Crippen LogP contribution in [0.4, 0.5) is 5.82 Å². The Bertz CT molecular complexity index is 410. The van der Waals surface area contributed by atoms with Crippen LogP contribution < -0.4 is 10.5 Å². The van der Waals surface area contributed by atoms with E-state index in [-0.39, 0.29) is 12.2 Å². The monoisotopic (exact) mass is 223 g/mol. The van der Waals surface area contributed by atoms with Crippen molar-refractivity contribution in [3.05, 3.63) is 22.7 Å². The Morgan fingerprint density at radius 2 is 2.31 bits per heavy atom. The van der Waals surface area contributed by atoms with Gasteiger partial charge in [-0.25, -0.2) is 4.98 Å². The number of aromatic nitrogens is 2. The Hall–Kier alpha value is -1.36. The zero-order valence-electron chi connectivity index (χ0n) is 9.46. The van der Waals surface area contributed by atoms with Crippen LogP contribution >= 0.6 is 0 Å². The maximum absolute atomic E-state index is 12.0. The summed E-state index contributed by atoms with van der Waals surface area (Å²) in [7, 11) is 0. The first-order valence-electron chi connectivity index (χ1n) is 5.67. The summed E-state index contributed by atoms with van der Waals surface area (Å²) in [5.41, 5.74) is -0.0271. The maximum atomic E-state index is 12.0. The van der Waals surface area contributed by atoms with Gasteiger partial charge in [-0.3, -0.25) is 4.79 Å². The highest BCUT2D eigenvalue weighted by Crippen LogP contribution is 2.18. The second kappa shape index (κ2) is 4.65. The molecular formula is C11H17N3O2. The molecule has 1 aliphatic heterocycles. The van der Waals surface area contributed by atoms with Crippen molar-refractivity contribution in [1.29, 1.82) is 0 Å². The molecule has 0 bridgehead atoms. The summed E-state index contributed by atoms with van der Waals surface area (Å²) >= 11 is 0. The number of anilines is 1. The fraction of sp³-hybridized carbons (Fsp3) is 0.636. The smallest absolute Gasteiger partial charge is 0.293 e. The lowest BCUT2D eigenvalue weighted by Crippen LogP contribution is -2.51. The summed E-state index contributed by atoms with van der Waals surface area (Å²) in [6, 6.07) is 0. The van der Waals surface area contributed by atoms with E-state index in [0.29, 0.717) is 11.7 Å². The van der Waals surface area contributed by atoms with Crippen molar-refractivity contribution in [3.8, 4) is 0 Å². The van der Waals surface area contributed by atoms with Crippen molar-refractivity contribution < 1.29 is 5.11 Å². The zero-order chi connectivity index (χ0) is 11.5. The van der Waals surface area contributed by atoms with Crippen LogP contribution in [0.15, 0.2) is 17.2 Å². The Morgan fingerprint density at radius 1 is 1.56 bits per heavy atom. The fourth-order valence-corrected chi connectivity index (χ4v) is 1.93. The lowest BCUT2D eigenvalue weighted by atomic mass is 10.0. The first kappa shape index (κ1) is 11.1. The van der Waals surface area contributed by atoms with E-state index < -0.39 is 0 Å². The van der Waals surface area contributed by atoms with Gasteiger partial charge in [0, 0.05) is 44.6 Å². The van der Waals surface area contributed by atoms with Crippen LogP contribution in [-0.2, 0) is 6.54 Å². The van der Waals surface area contributed by atoms with Crippen molar-refractivity contribution >= 4 is 5.82 Å². The Kier molecular flexibility index (Phi) is 3.24. The standard InChI is InChI=1S/C11H17N3O2/c1-2-4-13-5-3-12-10(11(13)16)14-6-9(7-14)8-15/h3,5,9,15H,2,4,6-8H2,1H3. The molecule has 1 aliphatic rings. The topological polar surface area (TPSA) is 58.4 Å². The highest BCUT2D eigenvalue weighted by molar-refractivity contribution is 5.39. The van der Waals surface area contributed by atoms with Gasteiger partial charge in [0.2, 0.25) is 0 Å². The first-order chi connectivity index (χ1) is 7.76. The van der Waals surface area contributed by atoms with E-state index in [1.54, 1.807) is 17.0 Å². The van der Waals surface area contributed by atoms with Gasteiger partial charge >= 0.3 is 0 Å². The van der Waals surface area contributed by atoms with E-state index in [1.807, 2.05) is 11.8 Å². The summed E-state index contributed by atoms with van der Waals surface area (Å²) in [6.45, 7) is 4.42. The number of rotatable bonds is 4. The average molecular weight is 223 g/mol. The van der Waals surface area contributed by atoms with E-state index in [0.717, 1.165) is 26.1 Å². The van der Waals surface area contributed by atoms with Crippen molar-refractivity contribution in [2.24, 2.45) is 5.92 Å². The van der Waals surface area contributed by atoms with Crippen LogP contribution in [0, 0.1) is 5.92 Å². The van der Waals surface area contributed by atoms with Gasteiger partial charge in [-0.15, -0.1) is 0 Å². The van der Waals surface area contributed by atoms with Crippen molar-refractivity contribution in [2.45, 2.75) is 19.9 Å². The van der Waals surface area contributed by atoms with Crippen molar-refractivity contribution in [2.75, 3.05) is 24.6 Å². The quantitative estimate of drug-likeness (QED) is 0.785. The van der Waals surface area contributed by atoms with Crippen LogP contribution in [0.3, 0.4) is 0 Å². The van der Waals surface area contributed by atoms with Gasteiger partial charge in [0.05, 0.1) is 0 Å². The number of hydrogen-bond acceptors (Lipinski definition) is 4. The lowest BCUT2D eigenvalue weighted by molar-refractivity contribution is 0.200. The van der Waals surface area contributed by atoms with Crippen LogP contribution in [0.1, 0.15) is 13.3 Å². The zero-order valence-corrected chi connectivity index (χ0v) is 9.46. The molecule has 0 saturated carbocycles. The molecule has 1 fully saturated rings. The van der Waals surface area contributed by atoms with Crippen LogP contribution in [0.5, 0.6) is 0 Å². The molecule has 2 rings (SSSR count). The third kappa shape index (κ3) is 1.95.